The number of rotatable bonds is 5. The van der Waals surface area contributed by atoms with E-state index in [0.717, 1.165) is 49.2 Å². The molecule has 6 heteroatoms. The summed E-state index contributed by atoms with van der Waals surface area (Å²) in [5.74, 6) is 3.35. The summed E-state index contributed by atoms with van der Waals surface area (Å²) in [5.41, 5.74) is 2.50. The Morgan fingerprint density at radius 1 is 1.14 bits per heavy atom. The van der Waals surface area contributed by atoms with Crippen molar-refractivity contribution in [2.75, 3.05) is 19.6 Å². The van der Waals surface area contributed by atoms with E-state index in [2.05, 4.69) is 63.5 Å². The van der Waals surface area contributed by atoms with Gasteiger partial charge < -0.3 is 10.2 Å². The van der Waals surface area contributed by atoms with Crippen LogP contribution in [-0.2, 0) is 6.54 Å². The van der Waals surface area contributed by atoms with E-state index >= 15 is 0 Å². The first-order chi connectivity index (χ1) is 14.3. The van der Waals surface area contributed by atoms with Crippen molar-refractivity contribution in [1.29, 1.82) is 0 Å². The van der Waals surface area contributed by atoms with Crippen LogP contribution in [0.15, 0.2) is 66.0 Å². The lowest BCUT2D eigenvalue weighted by molar-refractivity contribution is 0.486. The molecule has 1 aromatic carbocycles. The molecule has 1 aliphatic rings. The lowest BCUT2D eigenvalue weighted by Gasteiger charge is -2.22. The summed E-state index contributed by atoms with van der Waals surface area (Å²) in [6.07, 6.45) is 6.72. The number of hydrogen-bond donors (Lipinski definition) is 1. The van der Waals surface area contributed by atoms with Crippen LogP contribution in [0, 0.1) is 6.92 Å². The Labute approximate surface area is 172 Å². The van der Waals surface area contributed by atoms with Gasteiger partial charge in [-0.3, -0.25) is 4.57 Å². The van der Waals surface area contributed by atoms with Crippen molar-refractivity contribution in [2.45, 2.75) is 32.7 Å². The highest BCUT2D eigenvalue weighted by molar-refractivity contribution is 5.80. The van der Waals surface area contributed by atoms with E-state index < -0.39 is 0 Å². The van der Waals surface area contributed by atoms with E-state index in [-0.39, 0.29) is 0 Å². The van der Waals surface area contributed by atoms with Gasteiger partial charge in [0.2, 0.25) is 0 Å². The smallest absolute Gasteiger partial charge is 0.194 e. The number of nitrogens with one attached hydrogen (secondary N) is 1. The van der Waals surface area contributed by atoms with Gasteiger partial charge in [-0.1, -0.05) is 36.4 Å². The van der Waals surface area contributed by atoms with Crippen LogP contribution < -0.4 is 5.32 Å². The SMILES string of the molecule is CCNC(=NCc1cccnc1-n1ccnc1C)N1CCC(c2ccccc2)C1. The lowest BCUT2D eigenvalue weighted by atomic mass is 9.99. The summed E-state index contributed by atoms with van der Waals surface area (Å²) in [6.45, 7) is 7.55. The normalized spacial score (nSPS) is 17.0. The first-order valence-corrected chi connectivity index (χ1v) is 10.3. The van der Waals surface area contributed by atoms with Gasteiger partial charge in [0.1, 0.15) is 11.6 Å². The zero-order valence-electron chi connectivity index (χ0n) is 17.1. The standard InChI is InChI=1S/C23H28N6/c1-3-24-23(28-14-11-21(17-28)19-8-5-4-6-9-19)27-16-20-10-7-12-26-22(20)29-15-13-25-18(29)2/h4-10,12-13,15,21H,3,11,14,16-17H2,1-2H3,(H,24,27). The summed E-state index contributed by atoms with van der Waals surface area (Å²) in [5, 5.41) is 3.47. The van der Waals surface area contributed by atoms with Crippen molar-refractivity contribution in [1.82, 2.24) is 24.8 Å². The van der Waals surface area contributed by atoms with Crippen molar-refractivity contribution in [2.24, 2.45) is 4.99 Å². The lowest BCUT2D eigenvalue weighted by Crippen LogP contribution is -2.40. The third-order valence-corrected chi connectivity index (χ3v) is 5.41. The molecule has 0 radical (unpaired) electrons. The van der Waals surface area contributed by atoms with E-state index in [0.29, 0.717) is 12.5 Å². The van der Waals surface area contributed by atoms with Crippen molar-refractivity contribution in [3.8, 4) is 5.82 Å². The van der Waals surface area contributed by atoms with Gasteiger partial charge in [0.25, 0.3) is 0 Å². The molecular formula is C23H28N6. The molecule has 29 heavy (non-hydrogen) atoms. The molecular weight excluding hydrogens is 360 g/mol. The molecule has 0 saturated carbocycles. The molecule has 0 amide bonds. The molecule has 1 fully saturated rings. The predicted molar refractivity (Wildman–Crippen MR) is 116 cm³/mol. The minimum absolute atomic E-state index is 0.558. The fourth-order valence-electron chi connectivity index (χ4n) is 3.91. The molecule has 6 nitrogen and oxygen atoms in total. The average Bonchev–Trinajstić information content (AvgIpc) is 3.41. The van der Waals surface area contributed by atoms with Crippen LogP contribution >= 0.6 is 0 Å². The largest absolute Gasteiger partial charge is 0.357 e. The summed E-state index contributed by atoms with van der Waals surface area (Å²) in [6, 6.07) is 14.8. The summed E-state index contributed by atoms with van der Waals surface area (Å²) in [7, 11) is 0. The fraction of sp³-hybridized carbons (Fsp3) is 0.348. The third kappa shape index (κ3) is 4.31. The highest BCUT2D eigenvalue weighted by Gasteiger charge is 2.26. The molecule has 1 unspecified atom stereocenters. The van der Waals surface area contributed by atoms with Gasteiger partial charge in [-0.15, -0.1) is 0 Å². The van der Waals surface area contributed by atoms with Crippen LogP contribution in [0.25, 0.3) is 5.82 Å². The van der Waals surface area contributed by atoms with Crippen LogP contribution in [0.1, 0.15) is 36.2 Å². The van der Waals surface area contributed by atoms with E-state index in [1.807, 2.05) is 30.0 Å². The highest BCUT2D eigenvalue weighted by Crippen LogP contribution is 2.27. The number of nitrogens with zero attached hydrogens (tertiary/aromatic N) is 5. The van der Waals surface area contributed by atoms with Gasteiger partial charge in [0.05, 0.1) is 6.54 Å². The highest BCUT2D eigenvalue weighted by atomic mass is 15.3. The van der Waals surface area contributed by atoms with Gasteiger partial charge in [0.15, 0.2) is 5.96 Å². The van der Waals surface area contributed by atoms with Crippen molar-refractivity contribution in [3.05, 3.63) is 78.0 Å². The molecule has 0 aliphatic carbocycles. The van der Waals surface area contributed by atoms with E-state index in [9.17, 15) is 0 Å². The molecule has 0 spiro atoms. The molecule has 0 bridgehead atoms. The van der Waals surface area contributed by atoms with Crippen molar-refractivity contribution in [3.63, 3.8) is 0 Å². The molecule has 2 aromatic heterocycles. The number of aliphatic imine (C=N–C) groups is 1. The van der Waals surface area contributed by atoms with Gasteiger partial charge in [-0.25, -0.2) is 15.0 Å². The van der Waals surface area contributed by atoms with Crippen LogP contribution in [0.4, 0.5) is 0 Å². The maximum atomic E-state index is 4.95. The second kappa shape index (κ2) is 8.90. The summed E-state index contributed by atoms with van der Waals surface area (Å²) in [4.78, 5) is 16.2. The van der Waals surface area contributed by atoms with Crippen LogP contribution in [0.3, 0.4) is 0 Å². The number of benzene rings is 1. The van der Waals surface area contributed by atoms with Crippen LogP contribution in [-0.4, -0.2) is 45.0 Å². The predicted octanol–water partition coefficient (Wildman–Crippen LogP) is 3.53. The Hall–Kier alpha value is -3.15. The number of aromatic nitrogens is 3. The quantitative estimate of drug-likeness (QED) is 0.537. The fourth-order valence-corrected chi connectivity index (χ4v) is 3.91. The first-order valence-electron chi connectivity index (χ1n) is 10.3. The number of likely N-dealkylation sites (tertiary alicyclic amines) is 1. The van der Waals surface area contributed by atoms with Crippen molar-refractivity contribution >= 4 is 5.96 Å². The number of hydrogen-bond acceptors (Lipinski definition) is 3. The molecule has 1 atom stereocenters. The maximum absolute atomic E-state index is 4.95. The van der Waals surface area contributed by atoms with E-state index in [1.54, 1.807) is 6.20 Å². The monoisotopic (exact) mass is 388 g/mol. The maximum Gasteiger partial charge on any atom is 0.194 e. The van der Waals surface area contributed by atoms with Gasteiger partial charge in [-0.2, -0.15) is 0 Å². The Bertz CT molecular complexity index is 962. The Balaban J connectivity index is 1.53. The summed E-state index contributed by atoms with van der Waals surface area (Å²) < 4.78 is 2.01. The van der Waals surface area contributed by atoms with E-state index in [4.69, 9.17) is 4.99 Å². The zero-order valence-corrected chi connectivity index (χ0v) is 17.1. The minimum Gasteiger partial charge on any atom is -0.357 e. The van der Waals surface area contributed by atoms with Crippen LogP contribution in [0.2, 0.25) is 0 Å². The topological polar surface area (TPSA) is 58.3 Å². The second-order valence-corrected chi connectivity index (χ2v) is 7.34. The molecule has 1 aliphatic heterocycles. The zero-order chi connectivity index (χ0) is 20.1. The average molecular weight is 389 g/mol. The Kier molecular flexibility index (Phi) is 5.89. The molecule has 3 aromatic rings. The van der Waals surface area contributed by atoms with Crippen LogP contribution in [0.5, 0.6) is 0 Å². The molecule has 4 rings (SSSR count). The first kappa shape index (κ1) is 19.2. The number of guanidine groups is 1. The number of aryl methyl sites for hydroxylation is 1. The second-order valence-electron chi connectivity index (χ2n) is 7.34. The molecule has 1 saturated heterocycles. The number of imidazole rings is 1. The van der Waals surface area contributed by atoms with Crippen molar-refractivity contribution < 1.29 is 0 Å². The Morgan fingerprint density at radius 2 is 2.00 bits per heavy atom. The van der Waals surface area contributed by atoms with Gasteiger partial charge in [-0.05, 0) is 31.9 Å². The Morgan fingerprint density at radius 3 is 2.76 bits per heavy atom. The molecule has 150 valence electrons. The van der Waals surface area contributed by atoms with Gasteiger partial charge in [0, 0.05) is 49.7 Å². The number of pyridine rings is 1. The van der Waals surface area contributed by atoms with Gasteiger partial charge >= 0.3 is 0 Å². The molecule has 3 heterocycles. The minimum atomic E-state index is 0.558. The summed E-state index contributed by atoms with van der Waals surface area (Å²) >= 11 is 0. The molecule has 1 N–H and O–H groups in total. The van der Waals surface area contributed by atoms with E-state index in [1.165, 1.54) is 5.56 Å². The third-order valence-electron chi connectivity index (χ3n) is 5.41.